The van der Waals surface area contributed by atoms with E-state index < -0.39 is 17.4 Å². The summed E-state index contributed by atoms with van der Waals surface area (Å²) < 4.78 is 5.52. The fourth-order valence-electron chi connectivity index (χ4n) is 2.02. The normalized spacial score (nSPS) is 20.8. The minimum absolute atomic E-state index is 0.0536. The molecule has 2 rings (SSSR count). The zero-order valence-corrected chi connectivity index (χ0v) is 12.4. The van der Waals surface area contributed by atoms with Gasteiger partial charge in [-0.3, -0.25) is 4.79 Å². The molecule has 1 aliphatic rings. The third-order valence-electron chi connectivity index (χ3n) is 3.37. The highest BCUT2D eigenvalue weighted by Gasteiger charge is 2.37. The van der Waals surface area contributed by atoms with Crippen molar-refractivity contribution in [2.24, 2.45) is 5.41 Å². The van der Waals surface area contributed by atoms with Gasteiger partial charge < -0.3 is 20.7 Å². The molecule has 0 amide bonds. The van der Waals surface area contributed by atoms with Gasteiger partial charge in [-0.2, -0.15) is 0 Å². The monoisotopic (exact) mass is 323 g/mol. The van der Waals surface area contributed by atoms with Crippen LogP contribution in [0.15, 0.2) is 41.7 Å². The van der Waals surface area contributed by atoms with Crippen LogP contribution in [-0.2, 0) is 9.59 Å². The number of rotatable bonds is 4. The van der Waals surface area contributed by atoms with Gasteiger partial charge in [-0.15, -0.1) is 0 Å². The molecule has 1 aliphatic carbocycles. The van der Waals surface area contributed by atoms with Crippen molar-refractivity contribution in [3.63, 3.8) is 0 Å². The Bertz CT molecular complexity index is 710. The summed E-state index contributed by atoms with van der Waals surface area (Å²) >= 11 is 5.99. The van der Waals surface area contributed by atoms with Crippen molar-refractivity contribution >= 4 is 29.2 Å². The molecule has 0 aliphatic heterocycles. The standard InChI is InChI=1S/C15H14ClNO5/c1-15(14(20)21)5-4-11(9(7-15)13(18)19)22-12-3-2-8(17)6-10(12)16/h2-6H,7,17H2,1H3,(H,18,19)(H,20,21). The Hall–Kier alpha value is -2.47. The average Bonchev–Trinajstić information content (AvgIpc) is 2.43. The molecule has 1 aromatic rings. The van der Waals surface area contributed by atoms with E-state index in [1.54, 1.807) is 6.07 Å². The van der Waals surface area contributed by atoms with Crippen LogP contribution in [0, 0.1) is 5.41 Å². The zero-order valence-electron chi connectivity index (χ0n) is 11.7. The maximum Gasteiger partial charge on any atom is 0.335 e. The number of anilines is 1. The van der Waals surface area contributed by atoms with E-state index in [0.717, 1.165) is 0 Å². The van der Waals surface area contributed by atoms with E-state index >= 15 is 0 Å². The third kappa shape index (κ3) is 3.07. The fourth-order valence-corrected chi connectivity index (χ4v) is 2.24. The van der Waals surface area contributed by atoms with E-state index in [9.17, 15) is 19.8 Å². The van der Waals surface area contributed by atoms with Gasteiger partial charge in [-0.25, -0.2) is 4.79 Å². The minimum atomic E-state index is -1.29. The van der Waals surface area contributed by atoms with E-state index in [0.29, 0.717) is 5.69 Å². The van der Waals surface area contributed by atoms with Gasteiger partial charge in [0.25, 0.3) is 0 Å². The van der Waals surface area contributed by atoms with Crippen molar-refractivity contribution in [3.8, 4) is 5.75 Å². The van der Waals surface area contributed by atoms with Crippen molar-refractivity contribution in [2.45, 2.75) is 13.3 Å². The molecule has 0 aromatic heterocycles. The van der Waals surface area contributed by atoms with Gasteiger partial charge in [0.05, 0.1) is 16.0 Å². The van der Waals surface area contributed by atoms with Crippen LogP contribution in [0.1, 0.15) is 13.3 Å². The van der Waals surface area contributed by atoms with Crippen LogP contribution in [0.5, 0.6) is 5.75 Å². The molecule has 0 saturated heterocycles. The predicted molar refractivity (Wildman–Crippen MR) is 80.7 cm³/mol. The van der Waals surface area contributed by atoms with Crippen LogP contribution < -0.4 is 10.5 Å². The quantitative estimate of drug-likeness (QED) is 0.735. The van der Waals surface area contributed by atoms with E-state index in [2.05, 4.69) is 0 Å². The number of carboxylic acids is 2. The number of hydrogen-bond donors (Lipinski definition) is 3. The Morgan fingerprint density at radius 3 is 2.59 bits per heavy atom. The minimum Gasteiger partial charge on any atom is -0.481 e. The van der Waals surface area contributed by atoms with Gasteiger partial charge in [0.2, 0.25) is 0 Å². The van der Waals surface area contributed by atoms with Crippen LogP contribution in [0.4, 0.5) is 5.69 Å². The number of hydrogen-bond acceptors (Lipinski definition) is 4. The van der Waals surface area contributed by atoms with Crippen molar-refractivity contribution in [3.05, 3.63) is 46.7 Å². The lowest BCUT2D eigenvalue weighted by Gasteiger charge is -2.26. The van der Waals surface area contributed by atoms with E-state index in [1.165, 1.54) is 31.2 Å². The number of benzene rings is 1. The van der Waals surface area contributed by atoms with Gasteiger partial charge in [0, 0.05) is 12.1 Å². The van der Waals surface area contributed by atoms with E-state index in [-0.39, 0.29) is 28.5 Å². The number of halogens is 1. The molecular formula is C15H14ClNO5. The molecular weight excluding hydrogens is 310 g/mol. The number of nitrogens with two attached hydrogens (primary N) is 1. The van der Waals surface area contributed by atoms with Crippen LogP contribution >= 0.6 is 11.6 Å². The highest BCUT2D eigenvalue weighted by atomic mass is 35.5. The summed E-state index contributed by atoms with van der Waals surface area (Å²) in [6.07, 6.45) is 2.56. The first kappa shape index (κ1) is 15.9. The number of ether oxygens (including phenoxy) is 1. The summed E-state index contributed by atoms with van der Waals surface area (Å²) in [6, 6.07) is 4.56. The average molecular weight is 324 g/mol. The van der Waals surface area contributed by atoms with Crippen LogP contribution in [0.25, 0.3) is 0 Å². The maximum absolute atomic E-state index is 11.4. The lowest BCUT2D eigenvalue weighted by molar-refractivity contribution is -0.145. The highest BCUT2D eigenvalue weighted by Crippen LogP contribution is 2.36. The third-order valence-corrected chi connectivity index (χ3v) is 3.66. The molecule has 1 aromatic carbocycles. The number of allylic oxidation sites excluding steroid dienone is 1. The Morgan fingerprint density at radius 2 is 2.05 bits per heavy atom. The lowest BCUT2D eigenvalue weighted by Crippen LogP contribution is -2.30. The Morgan fingerprint density at radius 1 is 1.36 bits per heavy atom. The molecule has 0 saturated carbocycles. The smallest absolute Gasteiger partial charge is 0.335 e. The number of aliphatic carboxylic acids is 2. The summed E-state index contributed by atoms with van der Waals surface area (Å²) in [5, 5.41) is 18.7. The molecule has 0 radical (unpaired) electrons. The van der Waals surface area contributed by atoms with Gasteiger partial charge in [0.1, 0.15) is 11.5 Å². The largest absolute Gasteiger partial charge is 0.481 e. The number of carbonyl (C=O) groups is 2. The van der Waals surface area contributed by atoms with E-state index in [1.807, 2.05) is 0 Å². The first-order valence-corrected chi connectivity index (χ1v) is 6.73. The second-order valence-electron chi connectivity index (χ2n) is 5.17. The molecule has 7 heteroatoms. The van der Waals surface area contributed by atoms with Crippen molar-refractivity contribution in [1.82, 2.24) is 0 Å². The molecule has 116 valence electrons. The van der Waals surface area contributed by atoms with E-state index in [4.69, 9.17) is 22.1 Å². The van der Waals surface area contributed by atoms with Gasteiger partial charge in [0.15, 0.2) is 0 Å². The maximum atomic E-state index is 11.4. The molecule has 1 atom stereocenters. The van der Waals surface area contributed by atoms with Gasteiger partial charge in [-0.05, 0) is 31.2 Å². The molecule has 1 unspecified atom stereocenters. The van der Waals surface area contributed by atoms with Crippen molar-refractivity contribution in [1.29, 1.82) is 0 Å². The second kappa shape index (κ2) is 5.73. The molecule has 6 nitrogen and oxygen atoms in total. The summed E-state index contributed by atoms with van der Waals surface area (Å²) in [7, 11) is 0. The molecule has 4 N–H and O–H groups in total. The van der Waals surface area contributed by atoms with Crippen LogP contribution in [0.2, 0.25) is 5.02 Å². The van der Waals surface area contributed by atoms with Gasteiger partial charge >= 0.3 is 11.9 Å². The van der Waals surface area contributed by atoms with Crippen molar-refractivity contribution in [2.75, 3.05) is 5.73 Å². The number of nitrogen functional groups attached to an aromatic ring is 1. The molecule has 0 heterocycles. The summed E-state index contributed by atoms with van der Waals surface area (Å²) in [5.74, 6) is -2.04. The summed E-state index contributed by atoms with van der Waals surface area (Å²) in [5.41, 5.74) is 4.62. The summed E-state index contributed by atoms with van der Waals surface area (Å²) in [4.78, 5) is 22.6. The number of carboxylic acid groups (broad SMARTS) is 2. The van der Waals surface area contributed by atoms with Gasteiger partial charge in [-0.1, -0.05) is 17.7 Å². The van der Waals surface area contributed by atoms with Crippen LogP contribution in [-0.4, -0.2) is 22.2 Å². The molecule has 0 fully saturated rings. The first-order chi connectivity index (χ1) is 10.2. The Labute approximate surface area is 131 Å². The molecule has 0 bridgehead atoms. The van der Waals surface area contributed by atoms with Crippen LogP contribution in [0.3, 0.4) is 0 Å². The summed E-state index contributed by atoms with van der Waals surface area (Å²) in [6.45, 7) is 1.45. The fraction of sp³-hybridized carbons (Fsp3) is 0.200. The highest BCUT2D eigenvalue weighted by molar-refractivity contribution is 6.32. The molecule has 0 spiro atoms. The topological polar surface area (TPSA) is 110 Å². The lowest BCUT2D eigenvalue weighted by atomic mass is 9.79. The molecule has 22 heavy (non-hydrogen) atoms. The Balaban J connectivity index is 2.38. The SMILES string of the molecule is CC1(C(=O)O)C=CC(Oc2ccc(N)cc2Cl)=C(C(=O)O)C1. The predicted octanol–water partition coefficient (Wildman–Crippen LogP) is 2.69. The van der Waals surface area contributed by atoms with Crippen molar-refractivity contribution < 1.29 is 24.5 Å². The zero-order chi connectivity index (χ0) is 16.5. The first-order valence-electron chi connectivity index (χ1n) is 6.35. The second-order valence-corrected chi connectivity index (χ2v) is 5.58. The Kier molecular flexibility index (Phi) is 4.14.